The summed E-state index contributed by atoms with van der Waals surface area (Å²) in [6, 6.07) is 23.4. The van der Waals surface area contributed by atoms with Crippen molar-refractivity contribution in [2.24, 2.45) is 5.92 Å². The van der Waals surface area contributed by atoms with Gasteiger partial charge in [0.25, 0.3) is 5.91 Å². The topological polar surface area (TPSA) is 65.6 Å². The smallest absolute Gasteiger partial charge is 0.260 e. The van der Waals surface area contributed by atoms with Crippen LogP contribution in [0.2, 0.25) is 0 Å². The van der Waals surface area contributed by atoms with Gasteiger partial charge in [0, 0.05) is 36.7 Å². The molecule has 0 unspecified atom stereocenters. The molecule has 1 aromatic heterocycles. The number of aromatic amines is 1. The molecule has 4 aromatic rings. The lowest BCUT2D eigenvalue weighted by atomic mass is 10.1. The lowest BCUT2D eigenvalue weighted by molar-refractivity contribution is -0.142. The lowest BCUT2D eigenvalue weighted by Crippen LogP contribution is -2.46. The summed E-state index contributed by atoms with van der Waals surface area (Å²) in [6.07, 6.45) is 2.62. The van der Waals surface area contributed by atoms with Gasteiger partial charge in [-0.1, -0.05) is 62.4 Å². The van der Waals surface area contributed by atoms with Crippen LogP contribution in [0.5, 0.6) is 5.75 Å². The molecule has 0 aliphatic carbocycles. The van der Waals surface area contributed by atoms with Crippen molar-refractivity contribution in [2.45, 2.75) is 26.8 Å². The molecular formula is C31H34FN3O3. The molecule has 2 amide bonds. The lowest BCUT2D eigenvalue weighted by Gasteiger charge is -2.29. The molecule has 0 aliphatic heterocycles. The van der Waals surface area contributed by atoms with E-state index in [2.05, 4.69) is 11.1 Å². The summed E-state index contributed by atoms with van der Waals surface area (Å²) >= 11 is 0. The molecule has 38 heavy (non-hydrogen) atoms. The number of nitrogens with one attached hydrogen (secondary N) is 1. The van der Waals surface area contributed by atoms with Crippen molar-refractivity contribution < 1.29 is 18.7 Å². The number of halogens is 1. The number of para-hydroxylation sites is 2. The molecule has 7 heteroatoms. The van der Waals surface area contributed by atoms with E-state index in [4.69, 9.17) is 4.74 Å². The molecule has 0 radical (unpaired) electrons. The fraction of sp³-hybridized carbons (Fsp3) is 0.290. The summed E-state index contributed by atoms with van der Waals surface area (Å²) in [4.78, 5) is 33.3. The highest BCUT2D eigenvalue weighted by Gasteiger charge is 2.23. The maximum Gasteiger partial charge on any atom is 0.260 e. The first kappa shape index (κ1) is 26.9. The summed E-state index contributed by atoms with van der Waals surface area (Å²) in [6.45, 7) is 5.05. The number of ether oxygens (including phenoxy) is 1. The van der Waals surface area contributed by atoms with Crippen LogP contribution < -0.4 is 4.74 Å². The Bertz CT molecular complexity index is 1340. The fourth-order valence-corrected chi connectivity index (χ4v) is 4.41. The van der Waals surface area contributed by atoms with Crippen LogP contribution in [0.15, 0.2) is 85.1 Å². The van der Waals surface area contributed by atoms with Gasteiger partial charge in [0.15, 0.2) is 6.61 Å². The standard InChI is InChI=1S/C31H34FN3O3/c1-23(2)19-35(31(37)22-38-27-8-4-3-5-9-27)21-30(36)34(20-24-12-14-26(32)15-13-24)17-16-25-18-33-29-11-7-6-10-28(25)29/h3-15,18,23,33H,16-17,19-22H2,1-2H3. The van der Waals surface area contributed by atoms with Gasteiger partial charge in [-0.05, 0) is 53.8 Å². The van der Waals surface area contributed by atoms with E-state index in [0.29, 0.717) is 31.8 Å². The van der Waals surface area contributed by atoms with Gasteiger partial charge in [-0.2, -0.15) is 0 Å². The Labute approximate surface area is 223 Å². The van der Waals surface area contributed by atoms with Crippen LogP contribution in [0.3, 0.4) is 0 Å². The Morgan fingerprint density at radius 2 is 1.61 bits per heavy atom. The maximum absolute atomic E-state index is 13.6. The van der Waals surface area contributed by atoms with Crippen molar-refractivity contribution in [3.63, 3.8) is 0 Å². The van der Waals surface area contributed by atoms with Gasteiger partial charge < -0.3 is 19.5 Å². The molecule has 0 fully saturated rings. The molecule has 4 rings (SSSR count). The summed E-state index contributed by atoms with van der Waals surface area (Å²) in [5.74, 6) is 0.0586. The number of benzene rings is 3. The van der Waals surface area contributed by atoms with Gasteiger partial charge in [0.05, 0.1) is 6.54 Å². The van der Waals surface area contributed by atoms with Crippen molar-refractivity contribution in [1.29, 1.82) is 0 Å². The predicted octanol–water partition coefficient (Wildman–Crippen LogP) is 5.44. The molecule has 3 aromatic carbocycles. The summed E-state index contributed by atoms with van der Waals surface area (Å²) in [7, 11) is 0. The summed E-state index contributed by atoms with van der Waals surface area (Å²) in [5.41, 5.74) is 2.99. The van der Waals surface area contributed by atoms with Gasteiger partial charge in [0.2, 0.25) is 5.91 Å². The molecule has 0 aliphatic rings. The van der Waals surface area contributed by atoms with Crippen LogP contribution >= 0.6 is 0 Å². The van der Waals surface area contributed by atoms with Gasteiger partial charge in [-0.15, -0.1) is 0 Å². The molecule has 0 saturated heterocycles. The van der Waals surface area contributed by atoms with Crippen LogP contribution in [0.25, 0.3) is 10.9 Å². The zero-order valence-electron chi connectivity index (χ0n) is 21.9. The van der Waals surface area contributed by atoms with E-state index in [0.717, 1.165) is 22.0 Å². The molecule has 0 saturated carbocycles. The van der Waals surface area contributed by atoms with Crippen molar-refractivity contribution in [2.75, 3.05) is 26.2 Å². The molecular weight excluding hydrogens is 481 g/mol. The maximum atomic E-state index is 13.6. The zero-order valence-corrected chi connectivity index (χ0v) is 21.9. The first-order chi connectivity index (χ1) is 18.4. The number of carbonyl (C=O) groups excluding carboxylic acids is 2. The third kappa shape index (κ3) is 7.44. The van der Waals surface area contributed by atoms with Gasteiger partial charge in [0.1, 0.15) is 11.6 Å². The second-order valence-corrected chi connectivity index (χ2v) is 9.82. The second kappa shape index (κ2) is 12.9. The molecule has 0 bridgehead atoms. The first-order valence-corrected chi connectivity index (χ1v) is 12.9. The fourth-order valence-electron chi connectivity index (χ4n) is 4.41. The van der Waals surface area contributed by atoms with E-state index in [1.54, 1.807) is 34.1 Å². The van der Waals surface area contributed by atoms with E-state index in [1.165, 1.54) is 12.1 Å². The van der Waals surface area contributed by atoms with E-state index >= 15 is 0 Å². The van der Waals surface area contributed by atoms with E-state index in [1.807, 2.05) is 56.4 Å². The number of fused-ring (bicyclic) bond motifs is 1. The average molecular weight is 516 g/mol. The highest BCUT2D eigenvalue weighted by atomic mass is 19.1. The number of nitrogens with zero attached hydrogens (tertiary/aromatic N) is 2. The minimum absolute atomic E-state index is 0.0513. The summed E-state index contributed by atoms with van der Waals surface area (Å²) < 4.78 is 19.2. The Morgan fingerprint density at radius 1 is 0.895 bits per heavy atom. The quantitative estimate of drug-likeness (QED) is 0.273. The number of hydrogen-bond acceptors (Lipinski definition) is 3. The van der Waals surface area contributed by atoms with Crippen molar-refractivity contribution >= 4 is 22.7 Å². The Morgan fingerprint density at radius 3 is 2.34 bits per heavy atom. The number of aromatic nitrogens is 1. The highest BCUT2D eigenvalue weighted by Crippen LogP contribution is 2.19. The third-order valence-electron chi connectivity index (χ3n) is 6.34. The molecule has 1 heterocycles. The molecule has 198 valence electrons. The number of carbonyl (C=O) groups is 2. The number of H-pyrrole nitrogens is 1. The van der Waals surface area contributed by atoms with Gasteiger partial charge in [-0.25, -0.2) is 4.39 Å². The third-order valence-corrected chi connectivity index (χ3v) is 6.34. The van der Waals surface area contributed by atoms with Crippen molar-refractivity contribution in [3.05, 3.63) is 102 Å². The molecule has 0 atom stereocenters. The summed E-state index contributed by atoms with van der Waals surface area (Å²) in [5, 5.41) is 1.12. The predicted molar refractivity (Wildman–Crippen MR) is 147 cm³/mol. The van der Waals surface area contributed by atoms with E-state index < -0.39 is 0 Å². The van der Waals surface area contributed by atoms with Crippen LogP contribution in [0.4, 0.5) is 4.39 Å². The van der Waals surface area contributed by atoms with Gasteiger partial charge in [-0.3, -0.25) is 9.59 Å². The van der Waals surface area contributed by atoms with Crippen molar-refractivity contribution in [3.8, 4) is 5.75 Å². The average Bonchev–Trinajstić information content (AvgIpc) is 3.33. The monoisotopic (exact) mass is 515 g/mol. The van der Waals surface area contributed by atoms with Crippen LogP contribution in [0.1, 0.15) is 25.0 Å². The van der Waals surface area contributed by atoms with Crippen LogP contribution in [-0.4, -0.2) is 52.8 Å². The van der Waals surface area contributed by atoms with Crippen LogP contribution in [-0.2, 0) is 22.6 Å². The largest absolute Gasteiger partial charge is 0.484 e. The molecule has 6 nitrogen and oxygen atoms in total. The minimum Gasteiger partial charge on any atom is -0.484 e. The van der Waals surface area contributed by atoms with E-state index in [9.17, 15) is 14.0 Å². The Balaban J connectivity index is 1.48. The van der Waals surface area contributed by atoms with Crippen molar-refractivity contribution in [1.82, 2.24) is 14.8 Å². The SMILES string of the molecule is CC(C)CN(CC(=O)N(CCc1c[nH]c2ccccc12)Cc1ccc(F)cc1)C(=O)COc1ccccc1. The van der Waals surface area contributed by atoms with Crippen LogP contribution in [0, 0.1) is 11.7 Å². The molecule has 1 N–H and O–H groups in total. The normalized spacial score (nSPS) is 11.1. The Kier molecular flexibility index (Phi) is 9.14. The van der Waals surface area contributed by atoms with Gasteiger partial charge >= 0.3 is 0 Å². The Hall–Kier alpha value is -4.13. The number of rotatable bonds is 12. The number of hydrogen-bond donors (Lipinski definition) is 1. The highest BCUT2D eigenvalue weighted by molar-refractivity contribution is 5.86. The zero-order chi connectivity index (χ0) is 26.9. The first-order valence-electron chi connectivity index (χ1n) is 12.9. The molecule has 0 spiro atoms. The van der Waals surface area contributed by atoms with E-state index in [-0.39, 0.29) is 36.7 Å². The second-order valence-electron chi connectivity index (χ2n) is 9.82. The number of amides is 2. The minimum atomic E-state index is -0.322.